The highest BCUT2D eigenvalue weighted by Gasteiger charge is 2.39. The number of rotatable bonds is 5. The van der Waals surface area contributed by atoms with Crippen molar-refractivity contribution in [2.24, 2.45) is 5.10 Å². The van der Waals surface area contributed by atoms with Crippen molar-refractivity contribution in [3.05, 3.63) is 36.2 Å². The SMILES string of the molecule is CCc1nc(NC(=O)C2=NN(c3ccccc3)C(C(=O)OC(C)(C)C)C2)n[nH]1. The number of anilines is 2. The maximum Gasteiger partial charge on any atom is 0.331 e. The molecule has 9 nitrogen and oxygen atoms in total. The van der Waals surface area contributed by atoms with Crippen LogP contribution < -0.4 is 10.3 Å². The maximum absolute atomic E-state index is 12.7. The second-order valence-corrected chi connectivity index (χ2v) is 7.39. The van der Waals surface area contributed by atoms with Crippen LogP contribution in [0.3, 0.4) is 0 Å². The van der Waals surface area contributed by atoms with Gasteiger partial charge in [-0.05, 0) is 32.9 Å². The zero-order valence-corrected chi connectivity index (χ0v) is 16.4. The largest absolute Gasteiger partial charge is 0.458 e. The molecule has 1 aromatic heterocycles. The molecule has 0 saturated carbocycles. The zero-order valence-electron chi connectivity index (χ0n) is 16.4. The fraction of sp³-hybridized carbons (Fsp3) is 0.421. The van der Waals surface area contributed by atoms with Crippen LogP contribution in [0, 0.1) is 0 Å². The standard InChI is InChI=1S/C19H24N6O3/c1-5-15-20-18(23-22-15)21-16(26)13-11-14(17(27)28-19(2,3)4)25(24-13)12-9-7-6-8-10-12/h6-10,14H,5,11H2,1-4H3,(H2,20,21,22,23,26). The van der Waals surface area contributed by atoms with Crippen LogP contribution in [0.5, 0.6) is 0 Å². The van der Waals surface area contributed by atoms with Crippen LogP contribution in [0.1, 0.15) is 39.9 Å². The molecule has 1 aliphatic heterocycles. The van der Waals surface area contributed by atoms with Gasteiger partial charge in [0.05, 0.1) is 5.69 Å². The Morgan fingerprint density at radius 3 is 2.61 bits per heavy atom. The number of ether oxygens (including phenoxy) is 1. The van der Waals surface area contributed by atoms with Crippen LogP contribution in [0.4, 0.5) is 11.6 Å². The Bertz CT molecular complexity index is 885. The topological polar surface area (TPSA) is 113 Å². The Morgan fingerprint density at radius 1 is 1.29 bits per heavy atom. The molecule has 1 aromatic carbocycles. The van der Waals surface area contributed by atoms with Gasteiger partial charge in [0.15, 0.2) is 6.04 Å². The van der Waals surface area contributed by atoms with E-state index < -0.39 is 23.5 Å². The van der Waals surface area contributed by atoms with E-state index in [1.807, 2.05) is 37.3 Å². The van der Waals surface area contributed by atoms with Gasteiger partial charge in [0, 0.05) is 12.8 Å². The van der Waals surface area contributed by atoms with Gasteiger partial charge >= 0.3 is 5.97 Å². The first kappa shape index (κ1) is 19.5. The van der Waals surface area contributed by atoms with Gasteiger partial charge in [0.25, 0.3) is 5.91 Å². The number of benzene rings is 1. The van der Waals surface area contributed by atoms with Gasteiger partial charge in [-0.15, -0.1) is 5.10 Å². The zero-order chi connectivity index (χ0) is 20.3. The second kappa shape index (κ2) is 7.79. The number of aromatic amines is 1. The number of H-pyrrole nitrogens is 1. The first-order valence-electron chi connectivity index (χ1n) is 9.14. The molecule has 0 bridgehead atoms. The summed E-state index contributed by atoms with van der Waals surface area (Å²) < 4.78 is 5.52. The van der Waals surface area contributed by atoms with Gasteiger partial charge in [0.2, 0.25) is 5.95 Å². The van der Waals surface area contributed by atoms with Crippen LogP contribution in [0.2, 0.25) is 0 Å². The third-order valence-corrected chi connectivity index (χ3v) is 3.96. The molecule has 28 heavy (non-hydrogen) atoms. The molecular formula is C19H24N6O3. The predicted octanol–water partition coefficient (Wildman–Crippen LogP) is 2.28. The Balaban J connectivity index is 1.81. The number of carbonyl (C=O) groups excluding carboxylic acids is 2. The minimum Gasteiger partial charge on any atom is -0.458 e. The first-order valence-corrected chi connectivity index (χ1v) is 9.14. The fourth-order valence-corrected chi connectivity index (χ4v) is 2.70. The van der Waals surface area contributed by atoms with Crippen molar-refractivity contribution in [3.8, 4) is 0 Å². The smallest absolute Gasteiger partial charge is 0.331 e. The van der Waals surface area contributed by atoms with Gasteiger partial charge < -0.3 is 4.74 Å². The van der Waals surface area contributed by atoms with Gasteiger partial charge in [-0.3, -0.25) is 20.2 Å². The normalized spacial score (nSPS) is 16.6. The molecule has 1 aliphatic rings. The number of hydrogen-bond donors (Lipinski definition) is 2. The highest BCUT2D eigenvalue weighted by molar-refractivity contribution is 6.44. The molecule has 9 heteroatoms. The van der Waals surface area contributed by atoms with Crippen molar-refractivity contribution in [2.75, 3.05) is 10.3 Å². The summed E-state index contributed by atoms with van der Waals surface area (Å²) in [5, 5.41) is 15.2. The van der Waals surface area contributed by atoms with Gasteiger partial charge in [-0.2, -0.15) is 10.1 Å². The molecule has 2 N–H and O–H groups in total. The molecule has 0 saturated heterocycles. The summed E-state index contributed by atoms with van der Waals surface area (Å²) in [5.74, 6) is -0.0413. The predicted molar refractivity (Wildman–Crippen MR) is 105 cm³/mol. The van der Waals surface area contributed by atoms with E-state index in [0.29, 0.717) is 17.9 Å². The van der Waals surface area contributed by atoms with E-state index in [-0.39, 0.29) is 18.1 Å². The van der Waals surface area contributed by atoms with Gasteiger partial charge in [-0.25, -0.2) is 4.79 Å². The van der Waals surface area contributed by atoms with E-state index in [0.717, 1.165) is 0 Å². The minimum atomic E-state index is -0.722. The first-order chi connectivity index (χ1) is 13.3. The highest BCUT2D eigenvalue weighted by Crippen LogP contribution is 2.26. The molecule has 1 amide bonds. The van der Waals surface area contributed by atoms with Crippen molar-refractivity contribution in [2.45, 2.75) is 52.2 Å². The summed E-state index contributed by atoms with van der Waals surface area (Å²) in [5.41, 5.74) is 0.273. The lowest BCUT2D eigenvalue weighted by atomic mass is 10.1. The van der Waals surface area contributed by atoms with E-state index in [2.05, 4.69) is 25.6 Å². The van der Waals surface area contributed by atoms with Crippen LogP contribution >= 0.6 is 0 Å². The number of carbonyl (C=O) groups is 2. The maximum atomic E-state index is 12.7. The van der Waals surface area contributed by atoms with Gasteiger partial charge in [-0.1, -0.05) is 25.1 Å². The van der Waals surface area contributed by atoms with Crippen molar-refractivity contribution >= 4 is 29.2 Å². The molecule has 2 aromatic rings. The molecular weight excluding hydrogens is 360 g/mol. The number of nitrogens with one attached hydrogen (secondary N) is 2. The number of hydrazone groups is 1. The Labute approximate surface area is 163 Å². The lowest BCUT2D eigenvalue weighted by Gasteiger charge is -2.26. The number of amides is 1. The Kier molecular flexibility index (Phi) is 5.43. The number of hydrogen-bond acceptors (Lipinski definition) is 7. The number of esters is 1. The average molecular weight is 384 g/mol. The second-order valence-electron chi connectivity index (χ2n) is 7.39. The highest BCUT2D eigenvalue weighted by atomic mass is 16.6. The van der Waals surface area contributed by atoms with Crippen LogP contribution in [-0.4, -0.2) is 44.4 Å². The lowest BCUT2D eigenvalue weighted by molar-refractivity contribution is -0.156. The van der Waals surface area contributed by atoms with Crippen molar-refractivity contribution in [1.29, 1.82) is 0 Å². The third kappa shape index (κ3) is 4.54. The molecule has 3 rings (SSSR count). The summed E-state index contributed by atoms with van der Waals surface area (Å²) in [7, 11) is 0. The number of para-hydroxylation sites is 1. The summed E-state index contributed by atoms with van der Waals surface area (Å²) in [6.45, 7) is 7.33. The van der Waals surface area contributed by atoms with E-state index >= 15 is 0 Å². The van der Waals surface area contributed by atoms with E-state index in [4.69, 9.17) is 4.74 Å². The Morgan fingerprint density at radius 2 is 2.00 bits per heavy atom. The van der Waals surface area contributed by atoms with Crippen LogP contribution in [-0.2, 0) is 20.7 Å². The molecule has 1 unspecified atom stereocenters. The molecule has 148 valence electrons. The monoisotopic (exact) mass is 384 g/mol. The van der Waals surface area contributed by atoms with E-state index in [1.54, 1.807) is 20.8 Å². The van der Waals surface area contributed by atoms with Crippen molar-refractivity contribution in [1.82, 2.24) is 15.2 Å². The van der Waals surface area contributed by atoms with E-state index in [9.17, 15) is 9.59 Å². The summed E-state index contributed by atoms with van der Waals surface area (Å²) >= 11 is 0. The van der Waals surface area contributed by atoms with Crippen molar-refractivity contribution < 1.29 is 14.3 Å². The fourth-order valence-electron chi connectivity index (χ4n) is 2.70. The van der Waals surface area contributed by atoms with E-state index in [1.165, 1.54) is 5.01 Å². The third-order valence-electron chi connectivity index (χ3n) is 3.96. The average Bonchev–Trinajstić information content (AvgIpc) is 3.28. The molecule has 2 heterocycles. The number of nitrogens with zero attached hydrogens (tertiary/aromatic N) is 4. The van der Waals surface area contributed by atoms with Crippen LogP contribution in [0.25, 0.3) is 0 Å². The number of aryl methyl sites for hydroxylation is 1. The summed E-state index contributed by atoms with van der Waals surface area (Å²) in [6, 6.07) is 8.48. The van der Waals surface area contributed by atoms with Crippen molar-refractivity contribution in [3.63, 3.8) is 0 Å². The van der Waals surface area contributed by atoms with Gasteiger partial charge in [0.1, 0.15) is 17.1 Å². The number of aromatic nitrogens is 3. The molecule has 0 aliphatic carbocycles. The quantitative estimate of drug-likeness (QED) is 0.765. The minimum absolute atomic E-state index is 0.126. The summed E-state index contributed by atoms with van der Waals surface area (Å²) in [4.78, 5) is 29.5. The van der Waals surface area contributed by atoms with Crippen LogP contribution in [0.15, 0.2) is 35.4 Å². The summed E-state index contributed by atoms with van der Waals surface area (Å²) in [6.07, 6.45) is 0.799. The molecule has 0 radical (unpaired) electrons. The molecule has 0 spiro atoms. The Hall–Kier alpha value is -3.23. The lowest BCUT2D eigenvalue weighted by Crippen LogP contribution is -2.40. The molecule has 0 fully saturated rings. The molecule has 1 atom stereocenters.